The van der Waals surface area contributed by atoms with Crippen molar-refractivity contribution in [2.75, 3.05) is 20.3 Å². The molecular weight excluding hydrogens is 420 g/mol. The predicted molar refractivity (Wildman–Crippen MR) is 100 cm³/mol. The number of rotatable bonds is 7. The van der Waals surface area contributed by atoms with Gasteiger partial charge in [0.2, 0.25) is 6.29 Å². The highest BCUT2D eigenvalue weighted by atomic mass is 16.7. The highest BCUT2D eigenvalue weighted by molar-refractivity contribution is 5.31. The van der Waals surface area contributed by atoms with E-state index < -0.39 is 74.6 Å². The fourth-order valence-electron chi connectivity index (χ4n) is 3.44. The molecule has 2 heterocycles. The van der Waals surface area contributed by atoms with Gasteiger partial charge in [-0.3, -0.25) is 0 Å². The number of methoxy groups -OCH3 is 1. The van der Waals surface area contributed by atoms with Crippen LogP contribution in [0.3, 0.4) is 0 Å². The van der Waals surface area contributed by atoms with Crippen LogP contribution in [0.15, 0.2) is 24.3 Å². The molecule has 176 valence electrons. The maximum Gasteiger partial charge on any atom is 0.229 e. The van der Waals surface area contributed by atoms with Crippen LogP contribution in [0, 0.1) is 0 Å². The molecular formula is C19H28O12. The van der Waals surface area contributed by atoms with E-state index in [1.54, 1.807) is 24.3 Å². The Labute approximate surface area is 177 Å². The Bertz CT molecular complexity index is 683. The molecule has 2 saturated heterocycles. The van der Waals surface area contributed by atoms with Gasteiger partial charge in [0.25, 0.3) is 0 Å². The van der Waals surface area contributed by atoms with Gasteiger partial charge in [-0.1, -0.05) is 0 Å². The van der Waals surface area contributed by atoms with Crippen LogP contribution < -0.4 is 9.47 Å². The van der Waals surface area contributed by atoms with Gasteiger partial charge in [-0.25, -0.2) is 0 Å². The molecule has 1 aromatic rings. The van der Waals surface area contributed by atoms with Crippen molar-refractivity contribution in [3.63, 3.8) is 0 Å². The maximum atomic E-state index is 10.6. The summed E-state index contributed by atoms with van der Waals surface area (Å²) in [5.41, 5.74) is 0. The van der Waals surface area contributed by atoms with Crippen LogP contribution in [0.4, 0.5) is 0 Å². The van der Waals surface area contributed by atoms with E-state index in [-0.39, 0.29) is 0 Å². The molecule has 7 N–H and O–H groups in total. The van der Waals surface area contributed by atoms with Crippen molar-refractivity contribution < 1.29 is 59.4 Å². The zero-order valence-corrected chi connectivity index (χ0v) is 16.7. The summed E-state index contributed by atoms with van der Waals surface area (Å²) in [6.07, 6.45) is -15.0. The number of aliphatic hydroxyl groups is 7. The summed E-state index contributed by atoms with van der Waals surface area (Å²) >= 11 is 0. The van der Waals surface area contributed by atoms with Crippen LogP contribution in [0.2, 0.25) is 0 Å². The molecule has 0 amide bonds. The third kappa shape index (κ3) is 5.09. The van der Waals surface area contributed by atoms with Crippen LogP contribution in [0.5, 0.6) is 11.5 Å². The number of benzene rings is 1. The summed E-state index contributed by atoms with van der Waals surface area (Å²) in [4.78, 5) is 0. The Kier molecular flexibility index (Phi) is 8.04. The molecule has 0 spiro atoms. The van der Waals surface area contributed by atoms with Gasteiger partial charge >= 0.3 is 0 Å². The molecule has 2 aliphatic heterocycles. The van der Waals surface area contributed by atoms with Crippen molar-refractivity contribution in [1.29, 1.82) is 0 Å². The molecule has 0 saturated carbocycles. The smallest absolute Gasteiger partial charge is 0.229 e. The van der Waals surface area contributed by atoms with E-state index in [2.05, 4.69) is 0 Å². The van der Waals surface area contributed by atoms with Crippen LogP contribution in [-0.4, -0.2) is 117 Å². The number of ether oxygens (including phenoxy) is 5. The van der Waals surface area contributed by atoms with Crippen LogP contribution in [0.25, 0.3) is 0 Å². The second-order valence-corrected chi connectivity index (χ2v) is 7.30. The first kappa shape index (κ1) is 24.1. The van der Waals surface area contributed by atoms with E-state index in [0.29, 0.717) is 11.5 Å². The van der Waals surface area contributed by atoms with Crippen LogP contribution in [0.1, 0.15) is 0 Å². The Morgan fingerprint density at radius 3 is 1.84 bits per heavy atom. The SMILES string of the molecule is COc1ccc(O[C@@H]2O[C@@H](CO)[C@@H](O[C@@H]3OC(CO)[C@H](O)[C@H](O)C3O)C(O)C2O)cc1. The van der Waals surface area contributed by atoms with Gasteiger partial charge in [0, 0.05) is 0 Å². The van der Waals surface area contributed by atoms with E-state index in [0.717, 1.165) is 0 Å². The first-order chi connectivity index (χ1) is 14.8. The summed E-state index contributed by atoms with van der Waals surface area (Å²) in [7, 11) is 1.50. The average Bonchev–Trinajstić information content (AvgIpc) is 2.79. The zero-order valence-electron chi connectivity index (χ0n) is 16.7. The monoisotopic (exact) mass is 448 g/mol. The van der Waals surface area contributed by atoms with E-state index in [1.165, 1.54) is 7.11 Å². The quantitative estimate of drug-likeness (QED) is 0.220. The molecule has 2 aliphatic rings. The lowest BCUT2D eigenvalue weighted by Crippen LogP contribution is -2.65. The molecule has 31 heavy (non-hydrogen) atoms. The standard InChI is InChI=1S/C19H28O12/c1-27-8-2-4-9(5-3-8)28-18-16(26)14(24)17(11(7-21)30-18)31-19-15(25)13(23)12(22)10(6-20)29-19/h2-5,10-26H,6-7H2,1H3/t10?,11-,12-,13-,14?,15?,16?,17+,18+,19-/m0/s1. The molecule has 0 aliphatic carbocycles. The van der Waals surface area contributed by atoms with Gasteiger partial charge in [0.1, 0.15) is 60.3 Å². The molecule has 0 aromatic heterocycles. The second-order valence-electron chi connectivity index (χ2n) is 7.30. The van der Waals surface area contributed by atoms with Gasteiger partial charge in [-0.2, -0.15) is 0 Å². The molecule has 0 bridgehead atoms. The number of aliphatic hydroxyl groups excluding tert-OH is 7. The minimum atomic E-state index is -1.73. The molecule has 1 aromatic carbocycles. The lowest BCUT2D eigenvalue weighted by Gasteiger charge is -2.45. The molecule has 3 rings (SSSR count). The molecule has 0 radical (unpaired) electrons. The van der Waals surface area contributed by atoms with Crippen molar-refractivity contribution in [2.45, 2.75) is 61.4 Å². The van der Waals surface area contributed by atoms with E-state index in [4.69, 9.17) is 23.7 Å². The number of hydrogen-bond acceptors (Lipinski definition) is 12. The summed E-state index contributed by atoms with van der Waals surface area (Å²) in [6.45, 7) is -1.31. The summed E-state index contributed by atoms with van der Waals surface area (Å²) in [5, 5.41) is 69.9. The van der Waals surface area contributed by atoms with E-state index >= 15 is 0 Å². The van der Waals surface area contributed by atoms with Crippen molar-refractivity contribution in [1.82, 2.24) is 0 Å². The molecule has 12 heteroatoms. The van der Waals surface area contributed by atoms with E-state index in [1.807, 2.05) is 0 Å². The van der Waals surface area contributed by atoms with Crippen molar-refractivity contribution in [3.8, 4) is 11.5 Å². The second kappa shape index (κ2) is 10.4. The normalized spacial score (nSPS) is 41.0. The molecule has 12 nitrogen and oxygen atoms in total. The lowest BCUT2D eigenvalue weighted by molar-refractivity contribution is -0.352. The van der Waals surface area contributed by atoms with Gasteiger partial charge in [0.15, 0.2) is 6.29 Å². The summed E-state index contributed by atoms with van der Waals surface area (Å²) in [5.74, 6) is 0.890. The fourth-order valence-corrected chi connectivity index (χ4v) is 3.44. The van der Waals surface area contributed by atoms with Gasteiger partial charge in [-0.15, -0.1) is 0 Å². The van der Waals surface area contributed by atoms with Crippen LogP contribution in [-0.2, 0) is 14.2 Å². The fraction of sp³-hybridized carbons (Fsp3) is 0.684. The minimum absolute atomic E-state index is 0.307. The van der Waals surface area contributed by atoms with Gasteiger partial charge < -0.3 is 59.4 Å². The highest BCUT2D eigenvalue weighted by Gasteiger charge is 2.51. The summed E-state index contributed by atoms with van der Waals surface area (Å²) in [6, 6.07) is 6.36. The minimum Gasteiger partial charge on any atom is -0.497 e. The van der Waals surface area contributed by atoms with Crippen molar-refractivity contribution in [3.05, 3.63) is 24.3 Å². The van der Waals surface area contributed by atoms with E-state index in [9.17, 15) is 35.7 Å². The Morgan fingerprint density at radius 1 is 0.710 bits per heavy atom. The van der Waals surface area contributed by atoms with Crippen molar-refractivity contribution in [2.24, 2.45) is 0 Å². The largest absolute Gasteiger partial charge is 0.497 e. The Balaban J connectivity index is 1.70. The average molecular weight is 448 g/mol. The van der Waals surface area contributed by atoms with Gasteiger partial charge in [-0.05, 0) is 24.3 Å². The Hall–Kier alpha value is -1.58. The van der Waals surface area contributed by atoms with Gasteiger partial charge in [0.05, 0.1) is 20.3 Å². The lowest BCUT2D eigenvalue weighted by atomic mass is 9.97. The van der Waals surface area contributed by atoms with Crippen molar-refractivity contribution >= 4 is 0 Å². The third-order valence-electron chi connectivity index (χ3n) is 5.27. The maximum absolute atomic E-state index is 10.6. The zero-order chi connectivity index (χ0) is 22.7. The predicted octanol–water partition coefficient (Wildman–Crippen LogP) is -3.30. The molecule has 4 unspecified atom stereocenters. The highest BCUT2D eigenvalue weighted by Crippen LogP contribution is 2.30. The first-order valence-electron chi connectivity index (χ1n) is 9.69. The molecule has 2 fully saturated rings. The Morgan fingerprint density at radius 2 is 1.26 bits per heavy atom. The number of hydrogen-bond donors (Lipinski definition) is 7. The van der Waals surface area contributed by atoms with Crippen LogP contribution >= 0.6 is 0 Å². The summed E-state index contributed by atoms with van der Waals surface area (Å²) < 4.78 is 26.9. The first-order valence-corrected chi connectivity index (χ1v) is 9.69. The molecule has 10 atom stereocenters. The third-order valence-corrected chi connectivity index (χ3v) is 5.27. The topological polar surface area (TPSA) is 188 Å².